The molecular formula is C11H12O6S. The van der Waals surface area contributed by atoms with E-state index < -0.39 is 26.5 Å². The number of carbonyl (C=O) groups is 2. The van der Waals surface area contributed by atoms with Gasteiger partial charge in [0.25, 0.3) is 0 Å². The maximum absolute atomic E-state index is 12.0. The van der Waals surface area contributed by atoms with Crippen LogP contribution in [0, 0.1) is 0 Å². The van der Waals surface area contributed by atoms with Crippen molar-refractivity contribution < 1.29 is 28.2 Å². The van der Waals surface area contributed by atoms with Crippen molar-refractivity contribution in [1.82, 2.24) is 0 Å². The highest BCUT2D eigenvalue weighted by molar-refractivity contribution is 7.93. The van der Waals surface area contributed by atoms with E-state index in [2.05, 4.69) is 0 Å². The van der Waals surface area contributed by atoms with Gasteiger partial charge in [0.15, 0.2) is 14.6 Å². The number of aliphatic carboxylic acids is 1. The number of carboxylic acid groups (broad SMARTS) is 2. The van der Waals surface area contributed by atoms with E-state index in [0.29, 0.717) is 0 Å². The average molecular weight is 272 g/mol. The molecule has 0 saturated heterocycles. The molecule has 0 atom stereocenters. The quantitative estimate of drug-likeness (QED) is 0.847. The van der Waals surface area contributed by atoms with Crippen molar-refractivity contribution in [1.29, 1.82) is 0 Å². The van der Waals surface area contributed by atoms with Crippen molar-refractivity contribution in [3.05, 3.63) is 29.8 Å². The number of hydrogen-bond donors (Lipinski definition) is 2. The monoisotopic (exact) mass is 272 g/mol. The molecule has 0 aliphatic rings. The first-order valence-corrected chi connectivity index (χ1v) is 6.40. The van der Waals surface area contributed by atoms with Gasteiger partial charge in [-0.15, -0.1) is 0 Å². The molecule has 0 unspecified atom stereocenters. The number of carboxylic acids is 2. The maximum atomic E-state index is 12.0. The molecule has 7 heteroatoms. The molecule has 98 valence electrons. The topological polar surface area (TPSA) is 109 Å². The Labute approximate surface area is 104 Å². The number of benzene rings is 1. The van der Waals surface area contributed by atoms with E-state index >= 15 is 0 Å². The third-order valence-corrected chi connectivity index (χ3v) is 5.01. The van der Waals surface area contributed by atoms with Crippen LogP contribution in [0.4, 0.5) is 0 Å². The van der Waals surface area contributed by atoms with Crippen LogP contribution in [0.1, 0.15) is 24.2 Å². The molecule has 1 aromatic carbocycles. The van der Waals surface area contributed by atoms with Crippen LogP contribution in [0.2, 0.25) is 0 Å². The molecule has 0 aliphatic heterocycles. The van der Waals surface area contributed by atoms with E-state index in [4.69, 9.17) is 10.2 Å². The van der Waals surface area contributed by atoms with Crippen LogP contribution < -0.4 is 0 Å². The van der Waals surface area contributed by atoms with Crippen LogP contribution in [-0.2, 0) is 14.6 Å². The standard InChI is InChI=1S/C11H12O6S/c1-11(2,10(14)15)18(16,17)8-5-3-7(4-6-8)9(12)13/h3-6H,1-2H3,(H,12,13)(H,14,15). The molecule has 0 fully saturated rings. The van der Waals surface area contributed by atoms with Crippen molar-refractivity contribution in [2.75, 3.05) is 0 Å². The lowest BCUT2D eigenvalue weighted by Gasteiger charge is -2.19. The second kappa shape index (κ2) is 4.41. The average Bonchev–Trinajstić information content (AvgIpc) is 2.28. The summed E-state index contributed by atoms with van der Waals surface area (Å²) in [5.41, 5.74) is -0.0675. The Balaban J connectivity index is 3.30. The maximum Gasteiger partial charge on any atom is 0.335 e. The third-order valence-electron chi connectivity index (χ3n) is 2.60. The second-order valence-electron chi connectivity index (χ2n) is 4.15. The molecule has 6 nitrogen and oxygen atoms in total. The first kappa shape index (κ1) is 14.2. The summed E-state index contributed by atoms with van der Waals surface area (Å²) in [4.78, 5) is 21.3. The fraction of sp³-hybridized carbons (Fsp3) is 0.273. The van der Waals surface area contributed by atoms with Crippen molar-refractivity contribution >= 4 is 21.8 Å². The molecule has 0 heterocycles. The zero-order chi connectivity index (χ0) is 14.1. The SMILES string of the molecule is CC(C)(C(=O)O)S(=O)(=O)c1ccc(C(=O)O)cc1. The van der Waals surface area contributed by atoms with Gasteiger partial charge >= 0.3 is 11.9 Å². The van der Waals surface area contributed by atoms with E-state index in [-0.39, 0.29) is 10.5 Å². The van der Waals surface area contributed by atoms with Gasteiger partial charge in [-0.1, -0.05) is 0 Å². The highest BCUT2D eigenvalue weighted by Crippen LogP contribution is 2.25. The summed E-state index contributed by atoms with van der Waals surface area (Å²) in [6.07, 6.45) is 0. The van der Waals surface area contributed by atoms with Gasteiger partial charge in [-0.25, -0.2) is 13.2 Å². The number of rotatable bonds is 4. The first-order valence-electron chi connectivity index (χ1n) is 4.92. The van der Waals surface area contributed by atoms with Crippen molar-refractivity contribution in [3.8, 4) is 0 Å². The van der Waals surface area contributed by atoms with Gasteiger partial charge in [0.1, 0.15) is 0 Å². The molecular weight excluding hydrogens is 260 g/mol. The fourth-order valence-electron chi connectivity index (χ4n) is 1.19. The Kier molecular flexibility index (Phi) is 3.47. The van der Waals surface area contributed by atoms with Crippen molar-refractivity contribution in [2.24, 2.45) is 0 Å². The first-order chi connectivity index (χ1) is 8.10. The minimum absolute atomic E-state index is 0.0675. The zero-order valence-electron chi connectivity index (χ0n) is 9.75. The molecule has 18 heavy (non-hydrogen) atoms. The highest BCUT2D eigenvalue weighted by atomic mass is 32.2. The molecule has 0 bridgehead atoms. The molecule has 0 aromatic heterocycles. The van der Waals surface area contributed by atoms with Crippen LogP contribution in [0.15, 0.2) is 29.2 Å². The fourth-order valence-corrected chi connectivity index (χ4v) is 2.50. The number of aromatic carboxylic acids is 1. The van der Waals surface area contributed by atoms with Crippen LogP contribution in [-0.4, -0.2) is 35.3 Å². The van der Waals surface area contributed by atoms with E-state index in [0.717, 1.165) is 38.1 Å². The summed E-state index contributed by atoms with van der Waals surface area (Å²) in [6.45, 7) is 2.16. The summed E-state index contributed by atoms with van der Waals surface area (Å²) in [7, 11) is -4.07. The van der Waals surface area contributed by atoms with Gasteiger partial charge in [0, 0.05) is 0 Å². The predicted octanol–water partition coefficient (Wildman–Crippen LogP) is 1.02. The van der Waals surface area contributed by atoms with E-state index in [1.54, 1.807) is 0 Å². The molecule has 0 amide bonds. The Bertz CT molecular complexity index is 582. The van der Waals surface area contributed by atoms with Gasteiger partial charge in [-0.05, 0) is 38.1 Å². The Hall–Kier alpha value is -1.89. The van der Waals surface area contributed by atoms with Gasteiger partial charge in [0.2, 0.25) is 0 Å². The summed E-state index contributed by atoms with van der Waals surface area (Å²) in [6, 6.07) is 4.41. The second-order valence-corrected chi connectivity index (χ2v) is 6.65. The normalized spacial score (nSPS) is 12.1. The summed E-state index contributed by atoms with van der Waals surface area (Å²) >= 11 is 0. The molecule has 2 N–H and O–H groups in total. The van der Waals surface area contributed by atoms with Crippen LogP contribution in [0.25, 0.3) is 0 Å². The number of hydrogen-bond acceptors (Lipinski definition) is 4. The van der Waals surface area contributed by atoms with Crippen LogP contribution in [0.5, 0.6) is 0 Å². The third kappa shape index (κ3) is 2.21. The molecule has 0 aliphatic carbocycles. The summed E-state index contributed by atoms with van der Waals surface area (Å²) < 4.78 is 22.1. The molecule has 0 saturated carbocycles. The van der Waals surface area contributed by atoms with Crippen LogP contribution >= 0.6 is 0 Å². The minimum Gasteiger partial charge on any atom is -0.480 e. The summed E-state index contributed by atoms with van der Waals surface area (Å²) in [5, 5.41) is 17.6. The molecule has 1 rings (SSSR count). The predicted molar refractivity (Wildman–Crippen MR) is 62.3 cm³/mol. The van der Waals surface area contributed by atoms with Crippen molar-refractivity contribution in [2.45, 2.75) is 23.5 Å². The molecule has 0 radical (unpaired) electrons. The minimum atomic E-state index is -4.07. The lowest BCUT2D eigenvalue weighted by atomic mass is 10.2. The molecule has 1 aromatic rings. The van der Waals surface area contributed by atoms with Crippen molar-refractivity contribution in [3.63, 3.8) is 0 Å². The Morgan fingerprint density at radius 3 is 1.83 bits per heavy atom. The smallest absolute Gasteiger partial charge is 0.335 e. The number of sulfone groups is 1. The zero-order valence-corrected chi connectivity index (χ0v) is 10.6. The van der Waals surface area contributed by atoms with E-state index in [1.807, 2.05) is 0 Å². The largest absolute Gasteiger partial charge is 0.480 e. The van der Waals surface area contributed by atoms with Gasteiger partial charge in [-0.2, -0.15) is 0 Å². The Morgan fingerprint density at radius 2 is 1.50 bits per heavy atom. The summed E-state index contributed by atoms with van der Waals surface area (Å²) in [5.74, 6) is -2.65. The van der Waals surface area contributed by atoms with E-state index in [9.17, 15) is 18.0 Å². The lowest BCUT2D eigenvalue weighted by molar-refractivity contribution is -0.139. The van der Waals surface area contributed by atoms with Gasteiger partial charge < -0.3 is 10.2 Å². The molecule has 0 spiro atoms. The van der Waals surface area contributed by atoms with Gasteiger partial charge in [0.05, 0.1) is 10.5 Å². The van der Waals surface area contributed by atoms with Gasteiger partial charge in [-0.3, -0.25) is 4.79 Å². The Morgan fingerprint density at radius 1 is 1.06 bits per heavy atom. The highest BCUT2D eigenvalue weighted by Gasteiger charge is 2.42. The van der Waals surface area contributed by atoms with Crippen LogP contribution in [0.3, 0.4) is 0 Å². The van der Waals surface area contributed by atoms with E-state index in [1.165, 1.54) is 0 Å². The lowest BCUT2D eigenvalue weighted by Crippen LogP contribution is -2.40.